The summed E-state index contributed by atoms with van der Waals surface area (Å²) in [6.07, 6.45) is 8.15. The van der Waals surface area contributed by atoms with Gasteiger partial charge in [-0.3, -0.25) is 5.41 Å². The van der Waals surface area contributed by atoms with Crippen LogP contribution in [0, 0.1) is 10.8 Å². The summed E-state index contributed by atoms with van der Waals surface area (Å²) in [7, 11) is 1.96. The minimum absolute atomic E-state index is 0.00453. The third-order valence-electron chi connectivity index (χ3n) is 7.08. The molecule has 0 aliphatic carbocycles. The number of amidine groups is 1. The number of ether oxygens (including phenoxy) is 1. The molecule has 0 aromatic heterocycles. The molecule has 2 aliphatic rings. The van der Waals surface area contributed by atoms with Crippen molar-refractivity contribution in [3.05, 3.63) is 59.7 Å². The third kappa shape index (κ3) is 5.82. The largest absolute Gasteiger partial charge is 0.507 e. The van der Waals surface area contributed by atoms with Gasteiger partial charge in [0.25, 0.3) is 0 Å². The molecule has 0 spiro atoms. The van der Waals surface area contributed by atoms with Gasteiger partial charge < -0.3 is 25.5 Å². The lowest BCUT2D eigenvalue weighted by Gasteiger charge is -2.49. The predicted molar refractivity (Wildman–Crippen MR) is 145 cm³/mol. The first-order valence-electron chi connectivity index (χ1n) is 12.4. The maximum atomic E-state index is 10.7. The van der Waals surface area contributed by atoms with Crippen LogP contribution in [0.15, 0.2) is 48.6 Å². The van der Waals surface area contributed by atoms with Crippen molar-refractivity contribution in [1.29, 1.82) is 10.8 Å². The van der Waals surface area contributed by atoms with E-state index in [0.29, 0.717) is 18.0 Å². The highest BCUT2D eigenvalue weighted by atomic mass is 16.5. The van der Waals surface area contributed by atoms with Crippen molar-refractivity contribution in [3.63, 3.8) is 0 Å². The second kappa shape index (κ2) is 9.59. The summed E-state index contributed by atoms with van der Waals surface area (Å²) < 4.78 is 5.41. The lowest BCUT2D eigenvalue weighted by molar-refractivity contribution is 0.114. The van der Waals surface area contributed by atoms with Gasteiger partial charge in [-0.2, -0.15) is 0 Å². The van der Waals surface area contributed by atoms with E-state index in [1.165, 1.54) is 5.57 Å². The summed E-state index contributed by atoms with van der Waals surface area (Å²) in [5, 5.41) is 33.4. The van der Waals surface area contributed by atoms with E-state index in [1.54, 1.807) is 18.2 Å². The van der Waals surface area contributed by atoms with Crippen LogP contribution < -0.4 is 5.32 Å². The number of nitrogens with zero attached hydrogens (tertiary/aromatic N) is 1. The molecule has 0 atom stereocenters. The molecular formula is C29H38N4O2. The summed E-state index contributed by atoms with van der Waals surface area (Å²) >= 11 is 0. The molecule has 6 nitrogen and oxygen atoms in total. The molecule has 4 rings (SSSR count). The number of phenols is 1. The molecule has 0 saturated carbocycles. The van der Waals surface area contributed by atoms with Gasteiger partial charge in [0.1, 0.15) is 11.6 Å². The maximum Gasteiger partial charge on any atom is 0.125 e. The number of benzene rings is 2. The Bertz CT molecular complexity index is 1190. The first-order chi connectivity index (χ1) is 16.4. The first kappa shape index (κ1) is 25.1. The zero-order chi connectivity index (χ0) is 25.4. The molecule has 186 valence electrons. The van der Waals surface area contributed by atoms with Crippen LogP contribution >= 0.6 is 0 Å². The third-order valence-corrected chi connectivity index (χ3v) is 7.08. The second-order valence-corrected chi connectivity index (χ2v) is 11.2. The van der Waals surface area contributed by atoms with Crippen LogP contribution in [0.1, 0.15) is 58.1 Å². The highest BCUT2D eigenvalue weighted by Gasteiger charge is 2.39. The molecule has 6 heteroatoms. The number of nitrogens with one attached hydrogen (secondary N) is 3. The summed E-state index contributed by atoms with van der Waals surface area (Å²) in [5.74, 6) is 0.440. The van der Waals surface area contributed by atoms with E-state index >= 15 is 0 Å². The van der Waals surface area contributed by atoms with Crippen molar-refractivity contribution in [1.82, 2.24) is 10.2 Å². The van der Waals surface area contributed by atoms with Crippen LogP contribution in [-0.2, 0) is 4.74 Å². The van der Waals surface area contributed by atoms with Crippen LogP contribution in [0.4, 0.5) is 0 Å². The van der Waals surface area contributed by atoms with Crippen molar-refractivity contribution in [2.45, 2.75) is 64.1 Å². The minimum atomic E-state index is -0.00453. The Morgan fingerprint density at radius 3 is 2.43 bits per heavy atom. The zero-order valence-electron chi connectivity index (χ0n) is 21.5. The Hall–Kier alpha value is -2.96. The van der Waals surface area contributed by atoms with Crippen LogP contribution in [0.2, 0.25) is 0 Å². The van der Waals surface area contributed by atoms with Crippen molar-refractivity contribution in [3.8, 4) is 5.75 Å². The van der Waals surface area contributed by atoms with Gasteiger partial charge in [-0.15, -0.1) is 0 Å². The van der Waals surface area contributed by atoms with Crippen molar-refractivity contribution in [2.24, 2.45) is 0 Å². The SMILES string of the molecule is CN(C(=N)/C=C\C(=N)c1cc2ccc(C3=CCOCC3)cc2cc1O)C1CC(C)(C)NC(C)(C)C1. The summed E-state index contributed by atoms with van der Waals surface area (Å²) in [6.45, 7) is 10.2. The fourth-order valence-corrected chi connectivity index (χ4v) is 5.60. The van der Waals surface area contributed by atoms with Crippen LogP contribution in [0.3, 0.4) is 0 Å². The smallest absolute Gasteiger partial charge is 0.125 e. The second-order valence-electron chi connectivity index (χ2n) is 11.2. The molecule has 0 amide bonds. The Kier molecular flexibility index (Phi) is 6.89. The van der Waals surface area contributed by atoms with Gasteiger partial charge >= 0.3 is 0 Å². The standard InChI is InChI=1S/C29H38N4O2/c1-28(2)17-23(18-29(3,4)32-28)33(5)27(31)9-8-25(30)24-15-21-7-6-20(14-22(21)16-26(24)34)19-10-12-35-13-11-19/h6-10,14-16,23,30-32,34H,11-13,17-18H2,1-5H3/b9-8-,30-25?,31-27?. The van der Waals surface area contributed by atoms with E-state index < -0.39 is 0 Å². The van der Waals surface area contributed by atoms with E-state index in [9.17, 15) is 5.11 Å². The number of likely N-dealkylation sites (N-methyl/N-ethyl adjacent to an activating group) is 1. The van der Waals surface area contributed by atoms with Crippen LogP contribution in [0.5, 0.6) is 5.75 Å². The van der Waals surface area contributed by atoms with Gasteiger partial charge in [-0.25, -0.2) is 0 Å². The number of fused-ring (bicyclic) bond motifs is 1. The van der Waals surface area contributed by atoms with Gasteiger partial charge in [0, 0.05) is 29.7 Å². The molecule has 4 N–H and O–H groups in total. The zero-order valence-corrected chi connectivity index (χ0v) is 21.5. The molecule has 2 aromatic rings. The summed E-state index contributed by atoms with van der Waals surface area (Å²) in [6, 6.07) is 10.0. The van der Waals surface area contributed by atoms with E-state index in [1.807, 2.05) is 24.1 Å². The molecule has 1 saturated heterocycles. The van der Waals surface area contributed by atoms with Gasteiger partial charge in [0.05, 0.1) is 18.9 Å². The number of aromatic hydroxyl groups is 1. The Morgan fingerprint density at radius 1 is 1.06 bits per heavy atom. The molecule has 2 heterocycles. The Morgan fingerprint density at radius 2 is 1.77 bits per heavy atom. The molecule has 0 unspecified atom stereocenters. The first-order valence-corrected chi connectivity index (χ1v) is 12.4. The lowest BCUT2D eigenvalue weighted by atomic mass is 9.79. The van der Waals surface area contributed by atoms with Crippen molar-refractivity contribution in [2.75, 3.05) is 20.3 Å². The van der Waals surface area contributed by atoms with Gasteiger partial charge in [-0.05, 0) is 99.2 Å². The Labute approximate surface area is 208 Å². The molecule has 0 bridgehead atoms. The molecule has 2 aliphatic heterocycles. The number of phenolic OH excluding ortho intramolecular Hbond substituents is 1. The molecule has 1 fully saturated rings. The van der Waals surface area contributed by atoms with Crippen molar-refractivity contribution < 1.29 is 9.84 Å². The minimum Gasteiger partial charge on any atom is -0.507 e. The average molecular weight is 475 g/mol. The van der Waals surface area contributed by atoms with E-state index in [4.69, 9.17) is 15.6 Å². The quantitative estimate of drug-likeness (QED) is 0.340. The number of allylic oxidation sites excluding steroid dienone is 1. The number of rotatable bonds is 5. The predicted octanol–water partition coefficient (Wildman–Crippen LogP) is 5.49. The van der Waals surface area contributed by atoms with Gasteiger partial charge in [0.2, 0.25) is 0 Å². The lowest BCUT2D eigenvalue weighted by Crippen LogP contribution is -2.62. The highest BCUT2D eigenvalue weighted by Crippen LogP contribution is 2.32. The topological polar surface area (TPSA) is 92.4 Å². The molecule has 0 radical (unpaired) electrons. The Balaban J connectivity index is 1.49. The average Bonchev–Trinajstić information content (AvgIpc) is 2.79. The van der Waals surface area contributed by atoms with Crippen LogP contribution in [0.25, 0.3) is 16.3 Å². The molecule has 2 aromatic carbocycles. The van der Waals surface area contributed by atoms with Crippen molar-refractivity contribution >= 4 is 27.9 Å². The molecular weight excluding hydrogens is 436 g/mol. The van der Waals surface area contributed by atoms with Crippen LogP contribution in [-0.4, -0.2) is 58.9 Å². The number of piperidine rings is 1. The normalized spacial score (nSPS) is 20.1. The summed E-state index contributed by atoms with van der Waals surface area (Å²) in [5.41, 5.74) is 3.05. The molecule has 35 heavy (non-hydrogen) atoms. The van der Waals surface area contributed by atoms with E-state index in [-0.39, 0.29) is 28.6 Å². The van der Waals surface area contributed by atoms with Gasteiger partial charge in [-0.1, -0.05) is 18.2 Å². The maximum absolute atomic E-state index is 10.7. The monoisotopic (exact) mass is 474 g/mol. The van der Waals surface area contributed by atoms with E-state index in [0.717, 1.165) is 42.2 Å². The number of hydrogen-bond donors (Lipinski definition) is 4. The fraction of sp³-hybridized carbons (Fsp3) is 0.448. The van der Waals surface area contributed by atoms with E-state index in [2.05, 4.69) is 51.2 Å². The number of hydrogen-bond acceptors (Lipinski definition) is 5. The fourth-order valence-electron chi connectivity index (χ4n) is 5.60. The summed E-state index contributed by atoms with van der Waals surface area (Å²) in [4.78, 5) is 2.00. The van der Waals surface area contributed by atoms with Gasteiger partial charge in [0.15, 0.2) is 0 Å². The highest BCUT2D eigenvalue weighted by molar-refractivity contribution is 6.13.